The van der Waals surface area contributed by atoms with Gasteiger partial charge in [0.25, 0.3) is 0 Å². The van der Waals surface area contributed by atoms with Crippen molar-refractivity contribution in [1.82, 2.24) is 5.01 Å². The lowest BCUT2D eigenvalue weighted by Crippen LogP contribution is -2.30. The average Bonchev–Trinajstić information content (AvgIpc) is 3.22. The molecule has 7 heteroatoms. The Bertz CT molecular complexity index is 789. The summed E-state index contributed by atoms with van der Waals surface area (Å²) < 4.78 is 14.2. The van der Waals surface area contributed by atoms with Gasteiger partial charge in [-0.2, -0.15) is 5.10 Å². The summed E-state index contributed by atoms with van der Waals surface area (Å²) >= 11 is 1.49. The van der Waals surface area contributed by atoms with Crippen LogP contribution in [-0.4, -0.2) is 22.6 Å². The normalized spacial score (nSPS) is 17.0. The van der Waals surface area contributed by atoms with E-state index in [2.05, 4.69) is 5.10 Å². The van der Waals surface area contributed by atoms with Gasteiger partial charge < -0.3 is 9.90 Å². The van der Waals surface area contributed by atoms with E-state index in [1.165, 1.54) is 22.4 Å². The first-order chi connectivity index (χ1) is 11.6. The summed E-state index contributed by atoms with van der Waals surface area (Å²) in [5.74, 6) is -2.17. The fourth-order valence-corrected chi connectivity index (χ4v) is 3.36. The number of hydrogen-bond acceptors (Lipinski definition) is 5. The van der Waals surface area contributed by atoms with Crippen molar-refractivity contribution >= 4 is 28.9 Å². The molecule has 0 unspecified atom stereocenters. The smallest absolute Gasteiger partial charge is 0.243 e. The summed E-state index contributed by atoms with van der Waals surface area (Å²) in [6.07, 6.45) is -0.226. The van der Waals surface area contributed by atoms with Crippen molar-refractivity contribution in [3.8, 4) is 0 Å². The van der Waals surface area contributed by atoms with Crippen molar-refractivity contribution < 1.29 is 19.1 Å². The third-order valence-corrected chi connectivity index (χ3v) is 4.70. The number of benzene rings is 1. The summed E-state index contributed by atoms with van der Waals surface area (Å²) in [7, 11) is 0. The molecule has 24 heavy (non-hydrogen) atoms. The van der Waals surface area contributed by atoms with E-state index in [-0.39, 0.29) is 12.8 Å². The van der Waals surface area contributed by atoms with Crippen molar-refractivity contribution in [2.24, 2.45) is 5.10 Å². The predicted molar refractivity (Wildman–Crippen MR) is 85.7 cm³/mol. The van der Waals surface area contributed by atoms with Gasteiger partial charge in [0.2, 0.25) is 5.91 Å². The monoisotopic (exact) mass is 345 g/mol. The molecule has 3 rings (SSSR count). The van der Waals surface area contributed by atoms with Gasteiger partial charge in [-0.05, 0) is 23.9 Å². The maximum absolute atomic E-state index is 14.2. The largest absolute Gasteiger partial charge is 0.550 e. The molecule has 0 aliphatic carbocycles. The minimum Gasteiger partial charge on any atom is -0.550 e. The Morgan fingerprint density at radius 2 is 2.04 bits per heavy atom. The number of halogens is 1. The van der Waals surface area contributed by atoms with Crippen molar-refractivity contribution in [2.75, 3.05) is 0 Å². The van der Waals surface area contributed by atoms with Gasteiger partial charge in [0.1, 0.15) is 5.82 Å². The molecule has 0 saturated heterocycles. The Labute approximate surface area is 142 Å². The quantitative estimate of drug-likeness (QED) is 0.833. The molecule has 1 aromatic heterocycles. The molecule has 0 N–H and O–H groups in total. The lowest BCUT2D eigenvalue weighted by atomic mass is 10.0. The number of carboxylic acid groups (broad SMARTS) is 1. The molecule has 1 aromatic carbocycles. The van der Waals surface area contributed by atoms with Gasteiger partial charge in [-0.25, -0.2) is 9.40 Å². The minimum atomic E-state index is -1.30. The minimum absolute atomic E-state index is 0.228. The zero-order chi connectivity index (χ0) is 17.1. The fraction of sp³-hybridized carbons (Fsp3) is 0.235. The molecular weight excluding hydrogens is 331 g/mol. The highest BCUT2D eigenvalue weighted by Crippen LogP contribution is 2.35. The Kier molecular flexibility index (Phi) is 4.71. The predicted octanol–water partition coefficient (Wildman–Crippen LogP) is 2.10. The van der Waals surface area contributed by atoms with E-state index in [0.717, 1.165) is 4.88 Å². The summed E-state index contributed by atoms with van der Waals surface area (Å²) in [6, 6.07) is 9.42. The van der Waals surface area contributed by atoms with E-state index >= 15 is 0 Å². The second kappa shape index (κ2) is 6.92. The number of thiophene rings is 1. The number of carboxylic acids is 1. The van der Waals surface area contributed by atoms with Gasteiger partial charge in [0.05, 0.1) is 16.6 Å². The SMILES string of the molecule is O=C([O-])CCC(=O)N1N=C(c2cccs2)C[C@H]1c1ccccc1F. The maximum Gasteiger partial charge on any atom is 0.243 e. The lowest BCUT2D eigenvalue weighted by molar-refractivity contribution is -0.305. The van der Waals surface area contributed by atoms with E-state index in [4.69, 9.17) is 0 Å². The molecule has 0 bridgehead atoms. The van der Waals surface area contributed by atoms with Gasteiger partial charge in [0, 0.05) is 24.4 Å². The van der Waals surface area contributed by atoms with Crippen molar-refractivity contribution in [3.63, 3.8) is 0 Å². The zero-order valence-electron chi connectivity index (χ0n) is 12.6. The molecule has 5 nitrogen and oxygen atoms in total. The number of nitrogens with zero attached hydrogens (tertiary/aromatic N) is 2. The highest BCUT2D eigenvalue weighted by Gasteiger charge is 2.34. The zero-order valence-corrected chi connectivity index (χ0v) is 13.5. The Morgan fingerprint density at radius 1 is 1.25 bits per heavy atom. The number of amides is 1. The van der Waals surface area contributed by atoms with Crippen LogP contribution in [0.15, 0.2) is 46.9 Å². The molecule has 1 amide bonds. The molecule has 124 valence electrons. The Morgan fingerprint density at radius 3 is 2.71 bits per heavy atom. The second-order valence-corrected chi connectivity index (χ2v) is 6.32. The number of hydrogen-bond donors (Lipinski definition) is 0. The molecule has 1 aliphatic heterocycles. The van der Waals surface area contributed by atoms with Gasteiger partial charge in [-0.15, -0.1) is 11.3 Å². The third kappa shape index (κ3) is 3.35. The van der Waals surface area contributed by atoms with Crippen LogP contribution in [0.2, 0.25) is 0 Å². The molecule has 1 aliphatic rings. The van der Waals surface area contributed by atoms with E-state index < -0.39 is 23.7 Å². The number of aliphatic carboxylic acids is 1. The summed E-state index contributed by atoms with van der Waals surface area (Å²) in [4.78, 5) is 23.9. The fourth-order valence-electron chi connectivity index (χ4n) is 2.64. The first kappa shape index (κ1) is 16.3. The van der Waals surface area contributed by atoms with E-state index in [1.54, 1.807) is 18.2 Å². The first-order valence-corrected chi connectivity index (χ1v) is 8.32. The van der Waals surface area contributed by atoms with Crippen molar-refractivity contribution in [1.29, 1.82) is 0 Å². The van der Waals surface area contributed by atoms with Crippen LogP contribution >= 0.6 is 11.3 Å². The Hall–Kier alpha value is -2.54. The number of carbonyl (C=O) groups excluding carboxylic acids is 2. The van der Waals surface area contributed by atoms with Gasteiger partial charge in [-0.1, -0.05) is 24.3 Å². The van der Waals surface area contributed by atoms with Crippen LogP contribution in [-0.2, 0) is 9.59 Å². The van der Waals surface area contributed by atoms with Crippen LogP contribution in [0.25, 0.3) is 0 Å². The van der Waals surface area contributed by atoms with Crippen LogP contribution in [0.3, 0.4) is 0 Å². The van der Waals surface area contributed by atoms with E-state index in [0.29, 0.717) is 17.7 Å². The summed E-state index contributed by atoms with van der Waals surface area (Å²) in [5.41, 5.74) is 1.06. The molecular formula is C17H14FN2O3S-. The van der Waals surface area contributed by atoms with Crippen LogP contribution in [0, 0.1) is 5.82 Å². The highest BCUT2D eigenvalue weighted by atomic mass is 32.1. The van der Waals surface area contributed by atoms with Crippen LogP contribution < -0.4 is 5.11 Å². The first-order valence-electron chi connectivity index (χ1n) is 7.44. The molecule has 0 fully saturated rings. The summed E-state index contributed by atoms with van der Waals surface area (Å²) in [6.45, 7) is 0. The third-order valence-electron chi connectivity index (χ3n) is 3.78. The maximum atomic E-state index is 14.2. The molecule has 2 heterocycles. The van der Waals surface area contributed by atoms with Gasteiger partial charge in [-0.3, -0.25) is 4.79 Å². The Balaban J connectivity index is 1.91. The van der Waals surface area contributed by atoms with Crippen LogP contribution in [0.1, 0.15) is 35.7 Å². The van der Waals surface area contributed by atoms with Crippen LogP contribution in [0.5, 0.6) is 0 Å². The van der Waals surface area contributed by atoms with Gasteiger partial charge >= 0.3 is 0 Å². The topological polar surface area (TPSA) is 72.8 Å². The van der Waals surface area contributed by atoms with Crippen molar-refractivity contribution in [3.05, 3.63) is 58.0 Å². The van der Waals surface area contributed by atoms with E-state index in [9.17, 15) is 19.1 Å². The van der Waals surface area contributed by atoms with Gasteiger partial charge in [0.15, 0.2) is 0 Å². The molecule has 0 saturated carbocycles. The number of rotatable bonds is 5. The molecule has 0 radical (unpaired) electrons. The van der Waals surface area contributed by atoms with Crippen molar-refractivity contribution in [2.45, 2.75) is 25.3 Å². The number of carbonyl (C=O) groups is 2. The van der Waals surface area contributed by atoms with Crippen LogP contribution in [0.4, 0.5) is 4.39 Å². The molecule has 2 aromatic rings. The standard InChI is InChI=1S/C17H15FN2O3S/c18-12-5-2-1-4-11(12)14-10-13(15-6-3-9-24-15)19-20(14)16(21)7-8-17(22)23/h1-6,9,14H,7-8,10H2,(H,22,23)/p-1/t14-/m0/s1. The highest BCUT2D eigenvalue weighted by molar-refractivity contribution is 7.12. The van der Waals surface area contributed by atoms with E-state index in [1.807, 2.05) is 17.5 Å². The number of hydrazone groups is 1. The summed E-state index contributed by atoms with van der Waals surface area (Å²) in [5, 5.41) is 18.0. The average molecular weight is 345 g/mol. The lowest BCUT2D eigenvalue weighted by Gasteiger charge is -2.22. The second-order valence-electron chi connectivity index (χ2n) is 5.38. The molecule has 1 atom stereocenters. The molecule has 0 spiro atoms.